The lowest BCUT2D eigenvalue weighted by molar-refractivity contribution is -0.0390. The van der Waals surface area contributed by atoms with Gasteiger partial charge in [0.25, 0.3) is 0 Å². The minimum atomic E-state index is -0.178. The van der Waals surface area contributed by atoms with Crippen LogP contribution in [0.2, 0.25) is 0 Å². The van der Waals surface area contributed by atoms with Crippen molar-refractivity contribution >= 4 is 0 Å². The lowest BCUT2D eigenvalue weighted by Gasteiger charge is -2.30. The molecule has 2 N–H and O–H groups in total. The maximum absolute atomic E-state index is 5.25. The van der Waals surface area contributed by atoms with E-state index >= 15 is 0 Å². The van der Waals surface area contributed by atoms with Crippen molar-refractivity contribution in [3.05, 3.63) is 0 Å². The number of hydrogen-bond donors (Lipinski definition) is 1. The van der Waals surface area contributed by atoms with Crippen molar-refractivity contribution < 1.29 is 4.84 Å². The molecule has 0 bridgehead atoms. The molecule has 0 saturated carbocycles. The summed E-state index contributed by atoms with van der Waals surface area (Å²) in [6.07, 6.45) is 3.65. The summed E-state index contributed by atoms with van der Waals surface area (Å²) in [5, 5.41) is 0. The van der Waals surface area contributed by atoms with Crippen molar-refractivity contribution in [2.24, 2.45) is 5.90 Å². The summed E-state index contributed by atoms with van der Waals surface area (Å²) in [4.78, 5) is 7.48. The SMILES string of the molecule is CCN1CCCC1CC(C)(C)ON. The molecular formula is C10H22N2O. The third kappa shape index (κ3) is 2.93. The standard InChI is InChI=1S/C10H22N2O/c1-4-12-7-5-6-9(12)8-10(2,3)13-11/h9H,4-8,11H2,1-3H3. The summed E-state index contributed by atoms with van der Waals surface area (Å²) in [6.45, 7) is 8.71. The zero-order valence-electron chi connectivity index (χ0n) is 9.05. The number of nitrogens with zero attached hydrogens (tertiary/aromatic N) is 1. The number of hydrogen-bond acceptors (Lipinski definition) is 3. The maximum Gasteiger partial charge on any atom is 0.0852 e. The first kappa shape index (κ1) is 11.0. The molecule has 78 valence electrons. The van der Waals surface area contributed by atoms with Gasteiger partial charge in [-0.3, -0.25) is 4.84 Å². The third-order valence-electron chi connectivity index (χ3n) is 2.95. The Labute approximate surface area is 81.2 Å². The largest absolute Gasteiger partial charge is 0.301 e. The highest BCUT2D eigenvalue weighted by molar-refractivity contribution is 4.84. The van der Waals surface area contributed by atoms with Gasteiger partial charge in [0.05, 0.1) is 5.60 Å². The highest BCUT2D eigenvalue weighted by Crippen LogP contribution is 2.25. The summed E-state index contributed by atoms with van der Waals surface area (Å²) >= 11 is 0. The van der Waals surface area contributed by atoms with Crippen LogP contribution in [0.15, 0.2) is 0 Å². The second kappa shape index (κ2) is 4.40. The Kier molecular flexibility index (Phi) is 3.71. The molecule has 1 heterocycles. The van der Waals surface area contributed by atoms with Crippen molar-refractivity contribution in [3.8, 4) is 0 Å². The van der Waals surface area contributed by atoms with Crippen LogP contribution >= 0.6 is 0 Å². The van der Waals surface area contributed by atoms with E-state index in [-0.39, 0.29) is 5.60 Å². The van der Waals surface area contributed by atoms with E-state index in [1.165, 1.54) is 19.4 Å². The van der Waals surface area contributed by atoms with E-state index < -0.39 is 0 Å². The second-order valence-electron chi connectivity index (χ2n) is 4.51. The van der Waals surface area contributed by atoms with Gasteiger partial charge in [-0.25, -0.2) is 5.90 Å². The van der Waals surface area contributed by atoms with Gasteiger partial charge in [0.1, 0.15) is 0 Å². The summed E-state index contributed by atoms with van der Waals surface area (Å²) in [7, 11) is 0. The Balaban J connectivity index is 2.43. The molecule has 1 rings (SSSR count). The van der Waals surface area contributed by atoms with Crippen LogP contribution in [0.4, 0.5) is 0 Å². The summed E-state index contributed by atoms with van der Waals surface area (Å²) in [5.41, 5.74) is -0.178. The van der Waals surface area contributed by atoms with Gasteiger partial charge in [0, 0.05) is 6.04 Å². The fourth-order valence-electron chi connectivity index (χ4n) is 2.16. The van der Waals surface area contributed by atoms with E-state index in [0.29, 0.717) is 6.04 Å². The van der Waals surface area contributed by atoms with Crippen LogP contribution in [0.5, 0.6) is 0 Å². The summed E-state index contributed by atoms with van der Waals surface area (Å²) in [6, 6.07) is 0.670. The Morgan fingerprint density at radius 1 is 1.54 bits per heavy atom. The quantitative estimate of drug-likeness (QED) is 0.677. The Hall–Kier alpha value is -0.120. The van der Waals surface area contributed by atoms with Crippen molar-refractivity contribution in [1.29, 1.82) is 0 Å². The van der Waals surface area contributed by atoms with Gasteiger partial charge in [-0.2, -0.15) is 0 Å². The zero-order valence-corrected chi connectivity index (χ0v) is 9.05. The molecule has 0 aliphatic carbocycles. The first-order chi connectivity index (χ1) is 6.09. The average molecular weight is 186 g/mol. The van der Waals surface area contributed by atoms with E-state index in [1.807, 2.05) is 0 Å². The van der Waals surface area contributed by atoms with E-state index in [1.54, 1.807) is 0 Å². The topological polar surface area (TPSA) is 38.5 Å². The molecule has 1 saturated heterocycles. The minimum Gasteiger partial charge on any atom is -0.301 e. The molecule has 1 fully saturated rings. The van der Waals surface area contributed by atoms with Crippen LogP contribution < -0.4 is 5.90 Å². The van der Waals surface area contributed by atoms with Crippen LogP contribution in [0.1, 0.15) is 40.0 Å². The predicted octanol–water partition coefficient (Wildman–Crippen LogP) is 1.53. The molecule has 0 radical (unpaired) electrons. The first-order valence-electron chi connectivity index (χ1n) is 5.21. The molecule has 1 aliphatic rings. The fourth-order valence-corrected chi connectivity index (χ4v) is 2.16. The molecule has 0 spiro atoms. The molecule has 0 aromatic heterocycles. The van der Waals surface area contributed by atoms with Gasteiger partial charge in [0.2, 0.25) is 0 Å². The highest BCUT2D eigenvalue weighted by atomic mass is 16.6. The lowest BCUT2D eigenvalue weighted by Crippen LogP contribution is -2.38. The van der Waals surface area contributed by atoms with Gasteiger partial charge in [-0.1, -0.05) is 6.92 Å². The fraction of sp³-hybridized carbons (Fsp3) is 1.00. The average Bonchev–Trinajstić information content (AvgIpc) is 2.51. The van der Waals surface area contributed by atoms with Crippen molar-refractivity contribution in [1.82, 2.24) is 4.90 Å². The minimum absolute atomic E-state index is 0.178. The summed E-state index contributed by atoms with van der Waals surface area (Å²) < 4.78 is 0. The van der Waals surface area contributed by atoms with Crippen LogP contribution in [0, 0.1) is 0 Å². The van der Waals surface area contributed by atoms with Gasteiger partial charge in [-0.15, -0.1) is 0 Å². The van der Waals surface area contributed by atoms with E-state index in [0.717, 1.165) is 13.0 Å². The maximum atomic E-state index is 5.25. The number of rotatable bonds is 4. The molecule has 0 aromatic carbocycles. The van der Waals surface area contributed by atoms with Gasteiger partial charge in [0.15, 0.2) is 0 Å². The van der Waals surface area contributed by atoms with Crippen LogP contribution in [0.3, 0.4) is 0 Å². The van der Waals surface area contributed by atoms with Gasteiger partial charge in [-0.05, 0) is 46.2 Å². The smallest absolute Gasteiger partial charge is 0.0852 e. The van der Waals surface area contributed by atoms with Crippen LogP contribution in [0.25, 0.3) is 0 Å². The van der Waals surface area contributed by atoms with Crippen molar-refractivity contribution in [2.45, 2.75) is 51.7 Å². The number of likely N-dealkylation sites (tertiary alicyclic amines) is 1. The van der Waals surface area contributed by atoms with Gasteiger partial charge >= 0.3 is 0 Å². The van der Waals surface area contributed by atoms with Crippen molar-refractivity contribution in [3.63, 3.8) is 0 Å². The number of nitrogens with two attached hydrogens (primary N) is 1. The molecule has 0 amide bonds. The van der Waals surface area contributed by atoms with Crippen molar-refractivity contribution in [2.75, 3.05) is 13.1 Å². The summed E-state index contributed by atoms with van der Waals surface area (Å²) in [5.74, 6) is 5.25. The Morgan fingerprint density at radius 2 is 2.23 bits per heavy atom. The molecule has 1 atom stereocenters. The molecule has 0 aromatic rings. The molecule has 3 heteroatoms. The van der Waals surface area contributed by atoms with E-state index in [4.69, 9.17) is 10.7 Å². The second-order valence-corrected chi connectivity index (χ2v) is 4.51. The van der Waals surface area contributed by atoms with Crippen LogP contribution in [-0.2, 0) is 4.84 Å². The molecule has 1 aliphatic heterocycles. The van der Waals surface area contributed by atoms with E-state index in [9.17, 15) is 0 Å². The Bertz CT molecular complexity index is 159. The van der Waals surface area contributed by atoms with Crippen LogP contribution in [-0.4, -0.2) is 29.6 Å². The monoisotopic (exact) mass is 186 g/mol. The highest BCUT2D eigenvalue weighted by Gasteiger charge is 2.30. The lowest BCUT2D eigenvalue weighted by atomic mass is 9.97. The zero-order chi connectivity index (χ0) is 9.90. The normalized spacial score (nSPS) is 25.4. The molecule has 1 unspecified atom stereocenters. The predicted molar refractivity (Wildman–Crippen MR) is 54.2 cm³/mol. The molecule has 3 nitrogen and oxygen atoms in total. The van der Waals surface area contributed by atoms with E-state index in [2.05, 4.69) is 25.7 Å². The first-order valence-corrected chi connectivity index (χ1v) is 5.21. The third-order valence-corrected chi connectivity index (χ3v) is 2.95. The van der Waals surface area contributed by atoms with Gasteiger partial charge < -0.3 is 4.90 Å². The molecular weight excluding hydrogens is 164 g/mol. The Morgan fingerprint density at radius 3 is 2.77 bits per heavy atom. The molecule has 13 heavy (non-hydrogen) atoms.